The molecule has 0 aliphatic carbocycles. The van der Waals surface area contributed by atoms with Crippen molar-refractivity contribution in [2.45, 2.75) is 31.7 Å². The molecule has 0 aliphatic rings. The molecule has 8 heteroatoms. The van der Waals surface area contributed by atoms with Crippen molar-refractivity contribution in [1.29, 1.82) is 0 Å². The molecule has 2 heterocycles. The van der Waals surface area contributed by atoms with Gasteiger partial charge in [0.05, 0.1) is 12.6 Å². The third kappa shape index (κ3) is 3.54. The van der Waals surface area contributed by atoms with E-state index in [-0.39, 0.29) is 0 Å². The summed E-state index contributed by atoms with van der Waals surface area (Å²) < 4.78 is 3.13. The summed E-state index contributed by atoms with van der Waals surface area (Å²) in [5.74, 6) is 0.447. The predicted octanol–water partition coefficient (Wildman–Crippen LogP) is 1.25. The van der Waals surface area contributed by atoms with E-state index in [0.29, 0.717) is 28.6 Å². The Balaban J connectivity index is 2.18. The molecular weight excluding hydrogens is 340 g/mol. The summed E-state index contributed by atoms with van der Waals surface area (Å²) >= 11 is 1.36. The normalized spacial score (nSPS) is 12.6. The van der Waals surface area contributed by atoms with Crippen LogP contribution in [-0.4, -0.2) is 36.1 Å². The first-order valence-corrected chi connectivity index (χ1v) is 8.91. The van der Waals surface area contributed by atoms with Gasteiger partial charge in [0.15, 0.2) is 16.3 Å². The van der Waals surface area contributed by atoms with Crippen LogP contribution in [-0.2, 0) is 13.6 Å². The van der Waals surface area contributed by atoms with E-state index in [1.54, 1.807) is 18.5 Å². The third-order valence-electron chi connectivity index (χ3n) is 3.85. The van der Waals surface area contributed by atoms with Crippen molar-refractivity contribution in [3.8, 4) is 0 Å². The molecule has 132 valence electrons. The highest BCUT2D eigenvalue weighted by Crippen LogP contribution is 2.23. The van der Waals surface area contributed by atoms with Crippen molar-refractivity contribution < 1.29 is 5.11 Å². The molecule has 0 unspecified atom stereocenters. The van der Waals surface area contributed by atoms with Gasteiger partial charge in [-0.1, -0.05) is 41.6 Å². The van der Waals surface area contributed by atoms with Gasteiger partial charge in [-0.05, 0) is 19.4 Å². The molecule has 1 atom stereocenters. The summed E-state index contributed by atoms with van der Waals surface area (Å²) in [4.78, 5) is 31.1. The molecule has 0 fully saturated rings. The fourth-order valence-corrected chi connectivity index (χ4v) is 3.51. The summed E-state index contributed by atoms with van der Waals surface area (Å²) in [6, 6.07) is 8.00. The van der Waals surface area contributed by atoms with E-state index < -0.39 is 17.4 Å². The Kier molecular flexibility index (Phi) is 4.82. The number of aromatic amines is 1. The van der Waals surface area contributed by atoms with Crippen molar-refractivity contribution in [3.05, 3.63) is 56.2 Å². The number of hydrogen-bond acceptors (Lipinski definition) is 5. The number of H-pyrrole nitrogens is 1. The van der Waals surface area contributed by atoms with Crippen LogP contribution in [0.2, 0.25) is 0 Å². The molecule has 0 spiro atoms. The smallest absolute Gasteiger partial charge is 0.329 e. The number of nitrogens with one attached hydrogen (secondary N) is 1. The molecule has 2 N–H and O–H groups in total. The Morgan fingerprint density at radius 1 is 1.36 bits per heavy atom. The van der Waals surface area contributed by atoms with Crippen molar-refractivity contribution in [2.24, 2.45) is 7.05 Å². The average Bonchev–Trinajstić information content (AvgIpc) is 2.90. The van der Waals surface area contributed by atoms with Gasteiger partial charge < -0.3 is 9.67 Å². The van der Waals surface area contributed by atoms with E-state index in [2.05, 4.69) is 9.97 Å². The zero-order valence-electron chi connectivity index (χ0n) is 14.3. The monoisotopic (exact) mass is 360 g/mol. The van der Waals surface area contributed by atoms with E-state index in [1.807, 2.05) is 31.2 Å². The second-order valence-electron chi connectivity index (χ2n) is 6.12. The second kappa shape index (κ2) is 6.89. The Bertz CT molecular complexity index is 1030. The lowest BCUT2D eigenvalue weighted by atomic mass is 10.1. The third-order valence-corrected chi connectivity index (χ3v) is 5.07. The van der Waals surface area contributed by atoms with Gasteiger partial charge in [-0.15, -0.1) is 0 Å². The minimum Gasteiger partial charge on any atom is -0.393 e. The van der Waals surface area contributed by atoms with Crippen LogP contribution in [0, 0.1) is 6.92 Å². The summed E-state index contributed by atoms with van der Waals surface area (Å²) in [6.45, 7) is 4.17. The number of benzene rings is 1. The molecule has 3 aromatic rings. The van der Waals surface area contributed by atoms with E-state index >= 15 is 0 Å². The number of hydrogen-bond donors (Lipinski definition) is 2. The fraction of sp³-hybridized carbons (Fsp3) is 0.353. The molecule has 7 nitrogen and oxygen atoms in total. The van der Waals surface area contributed by atoms with Crippen molar-refractivity contribution in [2.75, 3.05) is 5.75 Å². The van der Waals surface area contributed by atoms with Gasteiger partial charge in [-0.2, -0.15) is 0 Å². The van der Waals surface area contributed by atoms with Gasteiger partial charge >= 0.3 is 5.69 Å². The standard InChI is InChI=1S/C17H20N4O3S/c1-10-5-4-6-12(7-10)8-21-13-14(18-17(21)25-9-11(2)22)20(3)16(24)19-15(13)23/h4-7,11,22H,8-9H2,1-3H3,(H,19,23,24)/t11-/m0/s1. The number of rotatable bonds is 5. The van der Waals surface area contributed by atoms with Gasteiger partial charge in [0.2, 0.25) is 0 Å². The first kappa shape index (κ1) is 17.5. The van der Waals surface area contributed by atoms with Crippen molar-refractivity contribution in [3.63, 3.8) is 0 Å². The van der Waals surface area contributed by atoms with Crippen LogP contribution in [0.15, 0.2) is 39.0 Å². The maximum absolute atomic E-state index is 12.4. The fourth-order valence-electron chi connectivity index (χ4n) is 2.66. The first-order chi connectivity index (χ1) is 11.9. The predicted molar refractivity (Wildman–Crippen MR) is 98.3 cm³/mol. The summed E-state index contributed by atoms with van der Waals surface area (Å²) in [7, 11) is 1.58. The lowest BCUT2D eigenvalue weighted by molar-refractivity contribution is 0.220. The van der Waals surface area contributed by atoms with Crippen LogP contribution in [0.1, 0.15) is 18.1 Å². The van der Waals surface area contributed by atoms with Gasteiger partial charge in [0, 0.05) is 12.8 Å². The summed E-state index contributed by atoms with van der Waals surface area (Å²) in [6.07, 6.45) is -0.501. The SMILES string of the molecule is Cc1cccc(Cn2c(SC[C@H](C)O)nc3c2c(=O)[nH]c(=O)n3C)c1. The van der Waals surface area contributed by atoms with Gasteiger partial charge in [0.1, 0.15) is 0 Å². The minimum atomic E-state index is -0.501. The molecule has 0 saturated carbocycles. The van der Waals surface area contributed by atoms with Crippen LogP contribution < -0.4 is 11.2 Å². The largest absolute Gasteiger partial charge is 0.393 e. The van der Waals surface area contributed by atoms with Crippen LogP contribution in [0.3, 0.4) is 0 Å². The topological polar surface area (TPSA) is 92.9 Å². The highest BCUT2D eigenvalue weighted by Gasteiger charge is 2.18. The number of thioether (sulfide) groups is 1. The summed E-state index contributed by atoms with van der Waals surface area (Å²) in [5.41, 5.74) is 1.91. The maximum Gasteiger partial charge on any atom is 0.329 e. The maximum atomic E-state index is 12.4. The Morgan fingerprint density at radius 2 is 2.12 bits per heavy atom. The second-order valence-corrected chi connectivity index (χ2v) is 7.11. The summed E-state index contributed by atoms with van der Waals surface area (Å²) in [5, 5.41) is 10.2. The van der Waals surface area contributed by atoms with Crippen molar-refractivity contribution in [1.82, 2.24) is 19.1 Å². The van der Waals surface area contributed by atoms with Crippen LogP contribution >= 0.6 is 11.8 Å². The Hall–Kier alpha value is -2.32. The number of aryl methyl sites for hydroxylation is 2. The molecule has 3 rings (SSSR count). The average molecular weight is 360 g/mol. The Morgan fingerprint density at radius 3 is 2.80 bits per heavy atom. The molecule has 0 bridgehead atoms. The van der Waals surface area contributed by atoms with E-state index in [0.717, 1.165) is 11.1 Å². The van der Waals surface area contributed by atoms with Gasteiger partial charge in [0.25, 0.3) is 5.56 Å². The van der Waals surface area contributed by atoms with Gasteiger partial charge in [-0.25, -0.2) is 9.78 Å². The first-order valence-electron chi connectivity index (χ1n) is 7.92. The molecule has 2 aromatic heterocycles. The van der Waals surface area contributed by atoms with E-state index in [4.69, 9.17) is 0 Å². The van der Waals surface area contributed by atoms with Crippen molar-refractivity contribution >= 4 is 22.9 Å². The number of aromatic nitrogens is 4. The highest BCUT2D eigenvalue weighted by molar-refractivity contribution is 7.99. The molecule has 0 radical (unpaired) electrons. The van der Waals surface area contributed by atoms with E-state index in [9.17, 15) is 14.7 Å². The molecule has 0 amide bonds. The number of aliphatic hydroxyl groups is 1. The lowest BCUT2D eigenvalue weighted by Crippen LogP contribution is -2.29. The lowest BCUT2D eigenvalue weighted by Gasteiger charge is -2.10. The zero-order chi connectivity index (χ0) is 18.1. The number of nitrogens with zero attached hydrogens (tertiary/aromatic N) is 3. The molecule has 0 aliphatic heterocycles. The van der Waals surface area contributed by atoms with Crippen LogP contribution in [0.4, 0.5) is 0 Å². The van der Waals surface area contributed by atoms with Crippen LogP contribution in [0.25, 0.3) is 11.2 Å². The number of aliphatic hydroxyl groups excluding tert-OH is 1. The zero-order valence-corrected chi connectivity index (χ0v) is 15.1. The molecule has 1 aromatic carbocycles. The number of fused-ring (bicyclic) bond motifs is 1. The molecule has 0 saturated heterocycles. The molecular formula is C17H20N4O3S. The minimum absolute atomic E-state index is 0.342. The number of imidazole rings is 1. The van der Waals surface area contributed by atoms with Gasteiger partial charge in [-0.3, -0.25) is 14.3 Å². The quantitative estimate of drug-likeness (QED) is 0.668. The van der Waals surface area contributed by atoms with Crippen LogP contribution in [0.5, 0.6) is 0 Å². The Labute approximate surface area is 148 Å². The molecule has 25 heavy (non-hydrogen) atoms. The highest BCUT2D eigenvalue weighted by atomic mass is 32.2. The van der Waals surface area contributed by atoms with E-state index in [1.165, 1.54) is 16.3 Å².